The molecule has 0 radical (unpaired) electrons. The highest BCUT2D eigenvalue weighted by Crippen LogP contribution is 2.30. The molecule has 0 spiro atoms. The van der Waals surface area contributed by atoms with Crippen LogP contribution in [0, 0.1) is 12.3 Å². The molecular weight excluding hydrogens is 168 g/mol. The summed E-state index contributed by atoms with van der Waals surface area (Å²) >= 11 is 0. The summed E-state index contributed by atoms with van der Waals surface area (Å²) in [7, 11) is 1.39. The van der Waals surface area contributed by atoms with Gasteiger partial charge in [0.05, 0.1) is 12.7 Å². The van der Waals surface area contributed by atoms with Crippen LogP contribution >= 0.6 is 0 Å². The van der Waals surface area contributed by atoms with Gasteiger partial charge in [0.2, 0.25) is 0 Å². The van der Waals surface area contributed by atoms with E-state index < -0.39 is 0 Å². The van der Waals surface area contributed by atoms with E-state index in [2.05, 4.69) is 5.92 Å². The van der Waals surface area contributed by atoms with Crippen LogP contribution in [0.4, 0.5) is 0 Å². The van der Waals surface area contributed by atoms with E-state index >= 15 is 0 Å². The monoisotopic (exact) mass is 176 g/mol. The van der Waals surface area contributed by atoms with Crippen molar-refractivity contribution in [3.8, 4) is 23.8 Å². The number of methoxy groups -OCH3 is 1. The van der Waals surface area contributed by atoms with Gasteiger partial charge >= 0.3 is 0 Å². The third kappa shape index (κ3) is 1.62. The third-order valence-electron chi connectivity index (χ3n) is 1.61. The molecule has 1 rings (SSSR count). The van der Waals surface area contributed by atoms with Crippen molar-refractivity contribution in [3.63, 3.8) is 0 Å². The van der Waals surface area contributed by atoms with Crippen molar-refractivity contribution < 1.29 is 14.6 Å². The van der Waals surface area contributed by atoms with E-state index in [0.29, 0.717) is 11.8 Å². The molecule has 0 saturated heterocycles. The molecule has 0 amide bonds. The van der Waals surface area contributed by atoms with Gasteiger partial charge in [-0.1, -0.05) is 5.92 Å². The van der Waals surface area contributed by atoms with Crippen LogP contribution in [0.5, 0.6) is 11.5 Å². The fourth-order valence-electron chi connectivity index (χ4n) is 0.963. The summed E-state index contributed by atoms with van der Waals surface area (Å²) in [6.07, 6.45) is 5.76. The van der Waals surface area contributed by atoms with E-state index in [4.69, 9.17) is 11.2 Å². The van der Waals surface area contributed by atoms with Gasteiger partial charge < -0.3 is 9.84 Å². The minimum atomic E-state index is -0.115. The lowest BCUT2D eigenvalue weighted by Crippen LogP contribution is -1.90. The number of hydrogen-bond donors (Lipinski definition) is 1. The molecule has 0 saturated carbocycles. The zero-order valence-electron chi connectivity index (χ0n) is 7.07. The first-order valence-corrected chi connectivity index (χ1v) is 3.55. The molecule has 0 aliphatic heterocycles. The summed E-state index contributed by atoms with van der Waals surface area (Å²) in [6, 6.07) is 2.84. The predicted molar refractivity (Wildman–Crippen MR) is 48.0 cm³/mol. The minimum Gasteiger partial charge on any atom is -0.503 e. The van der Waals surface area contributed by atoms with Gasteiger partial charge in [0.15, 0.2) is 11.5 Å². The molecule has 3 heteroatoms. The summed E-state index contributed by atoms with van der Waals surface area (Å²) in [5, 5.41) is 9.43. The molecule has 0 aliphatic carbocycles. The highest BCUT2D eigenvalue weighted by Gasteiger charge is 2.07. The fraction of sp³-hybridized carbons (Fsp3) is 0.100. The van der Waals surface area contributed by atoms with Crippen LogP contribution in [0.3, 0.4) is 0 Å². The molecule has 0 aromatic heterocycles. The minimum absolute atomic E-state index is 0.115. The van der Waals surface area contributed by atoms with Crippen molar-refractivity contribution in [3.05, 3.63) is 23.3 Å². The summed E-state index contributed by atoms with van der Waals surface area (Å²) < 4.78 is 4.83. The van der Waals surface area contributed by atoms with Crippen LogP contribution in [0.1, 0.15) is 15.9 Å². The van der Waals surface area contributed by atoms with Gasteiger partial charge in [0.1, 0.15) is 6.29 Å². The zero-order chi connectivity index (χ0) is 9.84. The Hall–Kier alpha value is -1.95. The number of phenols is 1. The maximum absolute atomic E-state index is 10.4. The lowest BCUT2D eigenvalue weighted by molar-refractivity contribution is 0.112. The highest BCUT2D eigenvalue weighted by atomic mass is 16.5. The number of rotatable bonds is 2. The number of carbonyl (C=O) groups excluding carboxylic acids is 1. The van der Waals surface area contributed by atoms with E-state index in [-0.39, 0.29) is 17.1 Å². The average Bonchev–Trinajstić information content (AvgIpc) is 2.18. The van der Waals surface area contributed by atoms with Crippen LogP contribution in [0.15, 0.2) is 12.1 Å². The molecule has 1 aromatic rings. The zero-order valence-corrected chi connectivity index (χ0v) is 7.07. The number of ether oxygens (including phenoxy) is 1. The van der Waals surface area contributed by atoms with Crippen molar-refractivity contribution in [1.82, 2.24) is 0 Å². The van der Waals surface area contributed by atoms with Crippen LogP contribution in [-0.4, -0.2) is 18.5 Å². The Balaban J connectivity index is 3.39. The molecule has 0 bridgehead atoms. The molecule has 0 unspecified atom stereocenters. The second-order valence-electron chi connectivity index (χ2n) is 2.38. The van der Waals surface area contributed by atoms with Crippen molar-refractivity contribution in [1.29, 1.82) is 0 Å². The fourth-order valence-corrected chi connectivity index (χ4v) is 0.963. The first kappa shape index (κ1) is 9.14. The molecule has 1 N–H and O–H groups in total. The topological polar surface area (TPSA) is 46.5 Å². The van der Waals surface area contributed by atoms with Crippen molar-refractivity contribution >= 4 is 6.29 Å². The van der Waals surface area contributed by atoms with Gasteiger partial charge in [-0.25, -0.2) is 0 Å². The number of terminal acetylenes is 1. The van der Waals surface area contributed by atoms with Gasteiger partial charge in [-0.05, 0) is 12.1 Å². The molecule has 0 heterocycles. The SMILES string of the molecule is C#Cc1cc(C=O)cc(OC)c1O. The molecule has 0 fully saturated rings. The maximum Gasteiger partial charge on any atom is 0.173 e. The Labute approximate surface area is 76.0 Å². The van der Waals surface area contributed by atoms with Gasteiger partial charge in [0.25, 0.3) is 0 Å². The first-order valence-electron chi connectivity index (χ1n) is 3.55. The van der Waals surface area contributed by atoms with Crippen molar-refractivity contribution in [2.24, 2.45) is 0 Å². The lowest BCUT2D eigenvalue weighted by Gasteiger charge is -2.05. The Kier molecular flexibility index (Phi) is 2.56. The summed E-state index contributed by atoms with van der Waals surface area (Å²) in [4.78, 5) is 10.4. The molecule has 0 atom stereocenters. The van der Waals surface area contributed by atoms with Crippen LogP contribution in [-0.2, 0) is 0 Å². The molecule has 1 aromatic carbocycles. The number of phenolic OH excluding ortho intramolecular Hbond substituents is 1. The lowest BCUT2D eigenvalue weighted by atomic mass is 10.1. The van der Waals surface area contributed by atoms with Gasteiger partial charge in [-0.15, -0.1) is 6.42 Å². The first-order chi connectivity index (χ1) is 6.22. The summed E-state index contributed by atoms with van der Waals surface area (Å²) in [5.41, 5.74) is 0.629. The van der Waals surface area contributed by atoms with Crippen molar-refractivity contribution in [2.45, 2.75) is 0 Å². The van der Waals surface area contributed by atoms with Crippen LogP contribution < -0.4 is 4.74 Å². The quantitative estimate of drug-likeness (QED) is 0.544. The Morgan fingerprint density at radius 3 is 2.77 bits per heavy atom. The standard InChI is InChI=1S/C10H8O3/c1-3-8-4-7(6-11)5-9(13-2)10(8)12/h1,4-6,12H,2H3. The highest BCUT2D eigenvalue weighted by molar-refractivity contribution is 5.78. The average molecular weight is 176 g/mol. The van der Waals surface area contributed by atoms with Gasteiger partial charge in [0, 0.05) is 5.56 Å². The summed E-state index contributed by atoms with van der Waals surface area (Å²) in [6.45, 7) is 0. The Morgan fingerprint density at radius 1 is 1.62 bits per heavy atom. The van der Waals surface area contributed by atoms with E-state index in [9.17, 15) is 9.90 Å². The molecule has 13 heavy (non-hydrogen) atoms. The predicted octanol–water partition coefficient (Wildman–Crippen LogP) is 1.19. The Morgan fingerprint density at radius 2 is 2.31 bits per heavy atom. The molecule has 3 nitrogen and oxygen atoms in total. The molecule has 0 aliphatic rings. The van der Waals surface area contributed by atoms with E-state index in [1.807, 2.05) is 0 Å². The van der Waals surface area contributed by atoms with E-state index in [1.165, 1.54) is 19.2 Å². The number of carbonyl (C=O) groups is 1. The van der Waals surface area contributed by atoms with Crippen LogP contribution in [0.2, 0.25) is 0 Å². The Bertz CT molecular complexity index is 374. The van der Waals surface area contributed by atoms with Crippen LogP contribution in [0.25, 0.3) is 0 Å². The maximum atomic E-state index is 10.4. The van der Waals surface area contributed by atoms with Gasteiger partial charge in [-0.3, -0.25) is 4.79 Å². The molecule has 66 valence electrons. The molecular formula is C10H8O3. The number of aldehydes is 1. The normalized spacial score (nSPS) is 8.92. The largest absolute Gasteiger partial charge is 0.503 e. The second kappa shape index (κ2) is 3.63. The second-order valence-corrected chi connectivity index (χ2v) is 2.38. The third-order valence-corrected chi connectivity index (χ3v) is 1.61. The number of benzene rings is 1. The number of hydrogen-bond acceptors (Lipinski definition) is 3. The van der Waals surface area contributed by atoms with Crippen molar-refractivity contribution in [2.75, 3.05) is 7.11 Å². The smallest absolute Gasteiger partial charge is 0.173 e. The van der Waals surface area contributed by atoms with Gasteiger partial charge in [-0.2, -0.15) is 0 Å². The number of aromatic hydroxyl groups is 1. The van der Waals surface area contributed by atoms with E-state index in [1.54, 1.807) is 0 Å². The summed E-state index contributed by atoms with van der Waals surface area (Å²) in [5.74, 6) is 2.35. The van der Waals surface area contributed by atoms with E-state index in [0.717, 1.165) is 0 Å².